The lowest BCUT2D eigenvalue weighted by Crippen LogP contribution is -2.33. The number of hydrogen-bond acceptors (Lipinski definition) is 0. The Morgan fingerprint density at radius 2 is 1.58 bits per heavy atom. The molecule has 0 unspecified atom stereocenters. The second kappa shape index (κ2) is 3.28. The predicted octanol–water partition coefficient (Wildman–Crippen LogP) is 2.31. The number of nitrogens with zero attached hydrogens (tertiary/aromatic N) is 1. The third-order valence-electron chi connectivity index (χ3n) is 1.78. The van der Waals surface area contributed by atoms with Crippen LogP contribution in [-0.2, 0) is 6.54 Å². The molecule has 0 bridgehead atoms. The molecule has 0 atom stereocenters. The standard InChI is InChI=1S/C11H18N.H/c1-10-5-7-11(8-6-10)9-12(2,3)4;/h5-8H,9H2,1-4H3;/q+1;. The van der Waals surface area contributed by atoms with Crippen LogP contribution in [0, 0.1) is 6.92 Å². The fourth-order valence-electron chi connectivity index (χ4n) is 1.24. The van der Waals surface area contributed by atoms with Gasteiger partial charge in [0.15, 0.2) is 0 Å². The van der Waals surface area contributed by atoms with Crippen LogP contribution in [0.5, 0.6) is 0 Å². The summed E-state index contributed by atoms with van der Waals surface area (Å²) in [5.74, 6) is 0. The minimum atomic E-state index is 0. The van der Waals surface area contributed by atoms with E-state index in [2.05, 4.69) is 52.3 Å². The zero-order valence-electron chi connectivity index (χ0n) is 9.46. The van der Waals surface area contributed by atoms with E-state index in [0.29, 0.717) is 0 Å². The molecule has 0 heterocycles. The van der Waals surface area contributed by atoms with Crippen LogP contribution in [0.4, 0.5) is 0 Å². The summed E-state index contributed by atoms with van der Waals surface area (Å²) in [6, 6.07) is 8.76. The normalized spacial score (nSPS) is 11.7. The van der Waals surface area contributed by atoms with Crippen molar-refractivity contribution in [3.8, 4) is 0 Å². The highest BCUT2D eigenvalue weighted by atomic mass is 15.3. The maximum absolute atomic E-state index is 2.21. The van der Waals surface area contributed by atoms with Crippen LogP contribution in [0.1, 0.15) is 12.6 Å². The van der Waals surface area contributed by atoms with Gasteiger partial charge in [0, 0.05) is 6.99 Å². The Hall–Kier alpha value is -0.820. The highest BCUT2D eigenvalue weighted by molar-refractivity contribution is 5.20. The Morgan fingerprint density at radius 1 is 1.08 bits per heavy atom. The quantitative estimate of drug-likeness (QED) is 0.590. The van der Waals surface area contributed by atoms with Crippen molar-refractivity contribution < 1.29 is 5.91 Å². The van der Waals surface area contributed by atoms with E-state index in [0.717, 1.165) is 11.0 Å². The molecule has 0 aliphatic heterocycles. The number of aryl methyl sites for hydroxylation is 1. The highest BCUT2D eigenvalue weighted by Gasteiger charge is 2.07. The summed E-state index contributed by atoms with van der Waals surface area (Å²) in [6.07, 6.45) is 0. The molecule has 0 saturated heterocycles. The van der Waals surface area contributed by atoms with Crippen molar-refractivity contribution in [1.82, 2.24) is 0 Å². The third kappa shape index (κ3) is 3.05. The number of benzene rings is 1. The van der Waals surface area contributed by atoms with Crippen LogP contribution >= 0.6 is 0 Å². The second-order valence-corrected chi connectivity index (χ2v) is 4.43. The summed E-state index contributed by atoms with van der Waals surface area (Å²) >= 11 is 0. The minimum absolute atomic E-state index is 0. The van der Waals surface area contributed by atoms with E-state index in [-0.39, 0.29) is 1.43 Å². The van der Waals surface area contributed by atoms with E-state index in [4.69, 9.17) is 0 Å². The number of hydrogen-bond donors (Lipinski definition) is 0. The van der Waals surface area contributed by atoms with E-state index >= 15 is 0 Å². The van der Waals surface area contributed by atoms with Crippen LogP contribution in [0.3, 0.4) is 0 Å². The van der Waals surface area contributed by atoms with Crippen molar-refractivity contribution in [3.63, 3.8) is 0 Å². The minimum Gasteiger partial charge on any atom is -0.327 e. The fraction of sp³-hybridized carbons (Fsp3) is 0.455. The smallest absolute Gasteiger partial charge is 0.104 e. The van der Waals surface area contributed by atoms with E-state index in [9.17, 15) is 0 Å². The molecule has 12 heavy (non-hydrogen) atoms. The SMILES string of the molecule is Cc1ccc(C[N+](C)(C)C)cc1.[H]. The van der Waals surface area contributed by atoms with Gasteiger partial charge >= 0.3 is 0 Å². The molecule has 0 aliphatic rings. The Bertz CT molecular complexity index is 246. The lowest BCUT2D eigenvalue weighted by molar-refractivity contribution is -0.884. The van der Waals surface area contributed by atoms with Crippen LogP contribution in [0.25, 0.3) is 0 Å². The predicted molar refractivity (Wildman–Crippen MR) is 54.0 cm³/mol. The Labute approximate surface area is 76.7 Å². The number of quaternary nitrogens is 1. The van der Waals surface area contributed by atoms with Crippen LogP contribution in [0.2, 0.25) is 0 Å². The first-order chi connectivity index (χ1) is 5.47. The van der Waals surface area contributed by atoms with E-state index in [1.165, 1.54) is 11.1 Å². The van der Waals surface area contributed by atoms with Crippen LogP contribution < -0.4 is 0 Å². The van der Waals surface area contributed by atoms with E-state index in [1.54, 1.807) is 0 Å². The van der Waals surface area contributed by atoms with Gasteiger partial charge in [-0.1, -0.05) is 29.8 Å². The van der Waals surface area contributed by atoms with Gasteiger partial charge in [0.25, 0.3) is 0 Å². The zero-order valence-corrected chi connectivity index (χ0v) is 8.46. The molecule has 67 valence electrons. The highest BCUT2D eigenvalue weighted by Crippen LogP contribution is 2.07. The summed E-state index contributed by atoms with van der Waals surface area (Å²) in [4.78, 5) is 0. The van der Waals surface area contributed by atoms with Crippen LogP contribution in [0.15, 0.2) is 24.3 Å². The van der Waals surface area contributed by atoms with Crippen molar-refractivity contribution >= 4 is 0 Å². The molecule has 0 aromatic heterocycles. The summed E-state index contributed by atoms with van der Waals surface area (Å²) in [5, 5.41) is 0. The maximum atomic E-state index is 2.21. The van der Waals surface area contributed by atoms with Gasteiger partial charge in [0.2, 0.25) is 0 Å². The topological polar surface area (TPSA) is 0 Å². The Kier molecular flexibility index (Phi) is 2.53. The molecule has 1 aromatic rings. The van der Waals surface area contributed by atoms with Crippen molar-refractivity contribution in [2.45, 2.75) is 13.5 Å². The second-order valence-electron chi connectivity index (χ2n) is 4.43. The lowest BCUT2D eigenvalue weighted by atomic mass is 10.1. The van der Waals surface area contributed by atoms with Crippen molar-refractivity contribution in [1.29, 1.82) is 0 Å². The number of rotatable bonds is 2. The third-order valence-corrected chi connectivity index (χ3v) is 1.78. The lowest BCUT2D eigenvalue weighted by Gasteiger charge is -2.23. The molecule has 1 nitrogen and oxygen atoms in total. The molecule has 0 spiro atoms. The van der Waals surface area contributed by atoms with Crippen LogP contribution in [-0.4, -0.2) is 25.6 Å². The molecule has 1 aromatic carbocycles. The average molecular weight is 165 g/mol. The molecule has 0 fully saturated rings. The van der Waals surface area contributed by atoms with Crippen molar-refractivity contribution in [3.05, 3.63) is 35.4 Å². The molecule has 0 aliphatic carbocycles. The Morgan fingerprint density at radius 3 is 2.00 bits per heavy atom. The Balaban J connectivity index is 0.00000144. The molecular weight excluding hydrogens is 146 g/mol. The first-order valence-corrected chi connectivity index (χ1v) is 4.33. The summed E-state index contributed by atoms with van der Waals surface area (Å²) < 4.78 is 0.989. The van der Waals surface area contributed by atoms with E-state index < -0.39 is 0 Å². The summed E-state index contributed by atoms with van der Waals surface area (Å²) in [5.41, 5.74) is 2.74. The molecule has 0 saturated carbocycles. The van der Waals surface area contributed by atoms with Crippen molar-refractivity contribution in [2.75, 3.05) is 21.1 Å². The molecule has 1 radical (unpaired) electrons. The van der Waals surface area contributed by atoms with E-state index in [1.807, 2.05) is 0 Å². The molecule has 1 heteroatoms. The molecule has 1 rings (SSSR count). The van der Waals surface area contributed by atoms with Gasteiger partial charge in [-0.2, -0.15) is 0 Å². The van der Waals surface area contributed by atoms with Gasteiger partial charge in [-0.05, 0) is 6.92 Å². The largest absolute Gasteiger partial charge is 0.327 e. The molecule has 0 N–H and O–H groups in total. The van der Waals surface area contributed by atoms with Gasteiger partial charge in [0.1, 0.15) is 6.54 Å². The van der Waals surface area contributed by atoms with Gasteiger partial charge < -0.3 is 4.48 Å². The maximum Gasteiger partial charge on any atom is 0.104 e. The summed E-state index contributed by atoms with van der Waals surface area (Å²) in [7, 11) is 6.62. The summed E-state index contributed by atoms with van der Waals surface area (Å²) in [6.45, 7) is 3.22. The van der Waals surface area contributed by atoms with Gasteiger partial charge in [-0.3, -0.25) is 0 Å². The average Bonchev–Trinajstić information content (AvgIpc) is 1.91. The molecule has 0 amide bonds. The first-order valence-electron chi connectivity index (χ1n) is 4.33. The van der Waals surface area contributed by atoms with Crippen molar-refractivity contribution in [2.24, 2.45) is 0 Å². The van der Waals surface area contributed by atoms with Gasteiger partial charge in [-0.25, -0.2) is 0 Å². The zero-order chi connectivity index (χ0) is 9.19. The van der Waals surface area contributed by atoms with Gasteiger partial charge in [-0.15, -0.1) is 0 Å². The first kappa shape index (κ1) is 9.27. The molecular formula is C11H19N+. The fourth-order valence-corrected chi connectivity index (χ4v) is 1.24. The monoisotopic (exact) mass is 165 g/mol. The van der Waals surface area contributed by atoms with Gasteiger partial charge in [0.05, 0.1) is 21.1 Å².